The number of nitrogens with zero attached hydrogens (tertiary/aromatic N) is 1. The molecule has 136 valence electrons. The number of amides is 3. The molecule has 1 unspecified atom stereocenters. The smallest absolute Gasteiger partial charge is 0.325 e. The Morgan fingerprint density at radius 2 is 1.96 bits per heavy atom. The number of nitrogens with one attached hydrogen (secondary N) is 1. The minimum Gasteiger partial charge on any atom is -0.496 e. The van der Waals surface area contributed by atoms with Gasteiger partial charge in [-0.15, -0.1) is 0 Å². The number of carbonyl (C=O) groups excluding carboxylic acids is 2. The number of benzene rings is 2. The Kier molecular flexibility index (Phi) is 4.63. The molecular formula is C19H18ClFN2O3. The summed E-state index contributed by atoms with van der Waals surface area (Å²) in [6, 6.07) is 8.73. The lowest BCUT2D eigenvalue weighted by molar-refractivity contribution is -0.131. The predicted octanol–water partition coefficient (Wildman–Crippen LogP) is 3.76. The maximum Gasteiger partial charge on any atom is 0.325 e. The van der Waals surface area contributed by atoms with Crippen molar-refractivity contribution in [1.82, 2.24) is 10.2 Å². The van der Waals surface area contributed by atoms with E-state index < -0.39 is 23.3 Å². The Bertz CT molecular complexity index is 902. The fourth-order valence-electron chi connectivity index (χ4n) is 3.12. The summed E-state index contributed by atoms with van der Waals surface area (Å²) >= 11 is 6.11. The number of methoxy groups -OCH3 is 1. The Balaban J connectivity index is 1.96. The van der Waals surface area contributed by atoms with Crippen molar-refractivity contribution < 1.29 is 18.7 Å². The molecule has 1 aliphatic rings. The minimum atomic E-state index is -1.36. The van der Waals surface area contributed by atoms with Crippen molar-refractivity contribution in [3.63, 3.8) is 0 Å². The van der Waals surface area contributed by atoms with Gasteiger partial charge in [0, 0.05) is 16.1 Å². The van der Waals surface area contributed by atoms with Gasteiger partial charge in [0.25, 0.3) is 5.91 Å². The highest BCUT2D eigenvalue weighted by molar-refractivity contribution is 6.32. The number of hydrogen-bond acceptors (Lipinski definition) is 3. The van der Waals surface area contributed by atoms with Gasteiger partial charge in [0.1, 0.15) is 17.1 Å². The van der Waals surface area contributed by atoms with Crippen molar-refractivity contribution >= 4 is 23.5 Å². The van der Waals surface area contributed by atoms with E-state index in [1.807, 2.05) is 19.1 Å². The monoisotopic (exact) mass is 376 g/mol. The Morgan fingerprint density at radius 1 is 1.23 bits per heavy atom. The Morgan fingerprint density at radius 3 is 2.62 bits per heavy atom. The van der Waals surface area contributed by atoms with Crippen molar-refractivity contribution in [3.8, 4) is 5.75 Å². The van der Waals surface area contributed by atoms with Crippen LogP contribution in [0.5, 0.6) is 5.75 Å². The van der Waals surface area contributed by atoms with E-state index in [2.05, 4.69) is 5.32 Å². The maximum atomic E-state index is 13.3. The molecule has 1 atom stereocenters. The van der Waals surface area contributed by atoms with E-state index in [0.717, 1.165) is 16.5 Å². The van der Waals surface area contributed by atoms with Crippen LogP contribution in [0, 0.1) is 12.7 Å². The van der Waals surface area contributed by atoms with Gasteiger partial charge in [-0.1, -0.05) is 35.4 Å². The summed E-state index contributed by atoms with van der Waals surface area (Å²) in [6.45, 7) is 3.53. The molecule has 1 aliphatic heterocycles. The third kappa shape index (κ3) is 3.01. The number of imide groups is 1. The lowest BCUT2D eigenvalue weighted by Gasteiger charge is -2.23. The summed E-state index contributed by atoms with van der Waals surface area (Å²) in [6.07, 6.45) is 0. The van der Waals surface area contributed by atoms with E-state index in [1.165, 1.54) is 19.2 Å². The molecule has 0 saturated carbocycles. The molecule has 3 amide bonds. The van der Waals surface area contributed by atoms with Crippen LogP contribution in [0.15, 0.2) is 36.4 Å². The van der Waals surface area contributed by atoms with Crippen LogP contribution in [0.1, 0.15) is 23.6 Å². The van der Waals surface area contributed by atoms with E-state index in [1.54, 1.807) is 13.0 Å². The van der Waals surface area contributed by atoms with Gasteiger partial charge in [0.2, 0.25) is 0 Å². The molecule has 1 heterocycles. The van der Waals surface area contributed by atoms with Crippen molar-refractivity contribution in [2.75, 3.05) is 7.11 Å². The van der Waals surface area contributed by atoms with Crippen LogP contribution in [-0.4, -0.2) is 23.9 Å². The van der Waals surface area contributed by atoms with Gasteiger partial charge >= 0.3 is 6.03 Å². The van der Waals surface area contributed by atoms with Crippen LogP contribution in [0.2, 0.25) is 5.02 Å². The van der Waals surface area contributed by atoms with Gasteiger partial charge in [-0.2, -0.15) is 0 Å². The molecule has 2 aromatic carbocycles. The predicted molar refractivity (Wildman–Crippen MR) is 95.6 cm³/mol. The third-order valence-electron chi connectivity index (χ3n) is 4.51. The van der Waals surface area contributed by atoms with Gasteiger partial charge in [0.05, 0.1) is 13.7 Å². The molecule has 0 radical (unpaired) electrons. The highest BCUT2D eigenvalue weighted by Gasteiger charge is 2.50. The Hall–Kier alpha value is -2.60. The van der Waals surface area contributed by atoms with Gasteiger partial charge in [-0.25, -0.2) is 9.18 Å². The standard InChI is InChI=1S/C19H18ClFN2O3/c1-11-4-7-16(26-3)12(8-11)10-23-17(24)19(2,22-18(23)25)14-6-5-13(21)9-15(14)20/h4-9H,10H2,1-3H3,(H,22,25). The van der Waals surface area contributed by atoms with Crippen LogP contribution in [0.4, 0.5) is 9.18 Å². The minimum absolute atomic E-state index is 0.0594. The van der Waals surface area contributed by atoms with Crippen LogP contribution < -0.4 is 10.1 Å². The van der Waals surface area contributed by atoms with E-state index in [-0.39, 0.29) is 11.6 Å². The van der Waals surface area contributed by atoms with Crippen molar-refractivity contribution in [3.05, 3.63) is 63.9 Å². The summed E-state index contributed by atoms with van der Waals surface area (Å²) in [7, 11) is 1.53. The van der Waals surface area contributed by atoms with E-state index >= 15 is 0 Å². The maximum absolute atomic E-state index is 13.3. The topological polar surface area (TPSA) is 58.6 Å². The molecule has 5 nitrogen and oxygen atoms in total. The van der Waals surface area contributed by atoms with E-state index in [9.17, 15) is 14.0 Å². The molecule has 0 aromatic heterocycles. The zero-order chi connectivity index (χ0) is 19.1. The molecule has 0 spiro atoms. The van der Waals surface area contributed by atoms with Gasteiger partial charge in [0.15, 0.2) is 0 Å². The van der Waals surface area contributed by atoms with Gasteiger partial charge in [-0.3, -0.25) is 9.69 Å². The molecular weight excluding hydrogens is 359 g/mol. The zero-order valence-electron chi connectivity index (χ0n) is 14.6. The molecule has 1 saturated heterocycles. The van der Waals surface area contributed by atoms with E-state index in [0.29, 0.717) is 16.9 Å². The second kappa shape index (κ2) is 6.61. The number of rotatable bonds is 4. The number of carbonyl (C=O) groups is 2. The number of halogens is 2. The fourth-order valence-corrected chi connectivity index (χ4v) is 3.48. The number of urea groups is 1. The van der Waals surface area contributed by atoms with Gasteiger partial charge in [-0.05, 0) is 32.0 Å². The quantitative estimate of drug-likeness (QED) is 0.826. The average molecular weight is 377 g/mol. The highest BCUT2D eigenvalue weighted by Crippen LogP contribution is 2.35. The number of ether oxygens (including phenoxy) is 1. The van der Waals surface area contributed by atoms with Crippen LogP contribution in [0.3, 0.4) is 0 Å². The summed E-state index contributed by atoms with van der Waals surface area (Å²) in [5.74, 6) is -0.385. The fraction of sp³-hybridized carbons (Fsp3) is 0.263. The zero-order valence-corrected chi connectivity index (χ0v) is 15.4. The molecule has 2 aromatic rings. The number of aryl methyl sites for hydroxylation is 1. The molecule has 0 aliphatic carbocycles. The summed E-state index contributed by atoms with van der Waals surface area (Å²) in [5.41, 5.74) is 0.680. The van der Waals surface area contributed by atoms with Gasteiger partial charge < -0.3 is 10.1 Å². The van der Waals surface area contributed by atoms with E-state index in [4.69, 9.17) is 16.3 Å². The molecule has 26 heavy (non-hydrogen) atoms. The first-order chi connectivity index (χ1) is 12.3. The summed E-state index contributed by atoms with van der Waals surface area (Å²) in [4.78, 5) is 26.6. The molecule has 1 fully saturated rings. The first-order valence-electron chi connectivity index (χ1n) is 7.99. The van der Waals surface area contributed by atoms with Crippen molar-refractivity contribution in [1.29, 1.82) is 0 Å². The first-order valence-corrected chi connectivity index (χ1v) is 8.37. The first kappa shape index (κ1) is 18.2. The van der Waals surface area contributed by atoms with Crippen molar-refractivity contribution in [2.45, 2.75) is 25.9 Å². The third-order valence-corrected chi connectivity index (χ3v) is 4.82. The van der Waals surface area contributed by atoms with Crippen molar-refractivity contribution in [2.24, 2.45) is 0 Å². The van der Waals surface area contributed by atoms with Crippen LogP contribution >= 0.6 is 11.6 Å². The molecule has 7 heteroatoms. The van der Waals surface area contributed by atoms with Crippen LogP contribution in [-0.2, 0) is 16.9 Å². The highest BCUT2D eigenvalue weighted by atomic mass is 35.5. The SMILES string of the molecule is COc1ccc(C)cc1CN1C(=O)NC(C)(c2ccc(F)cc2Cl)C1=O. The average Bonchev–Trinajstić information content (AvgIpc) is 2.79. The molecule has 0 bridgehead atoms. The molecule has 1 N–H and O–H groups in total. The largest absolute Gasteiger partial charge is 0.496 e. The second-order valence-corrected chi connectivity index (χ2v) is 6.79. The number of hydrogen-bond donors (Lipinski definition) is 1. The summed E-state index contributed by atoms with van der Waals surface area (Å²) < 4.78 is 18.7. The lowest BCUT2D eigenvalue weighted by Crippen LogP contribution is -2.41. The Labute approximate surface area is 155 Å². The lowest BCUT2D eigenvalue weighted by atomic mass is 9.92. The summed E-state index contributed by atoms with van der Waals surface area (Å²) in [5, 5.41) is 2.75. The second-order valence-electron chi connectivity index (χ2n) is 6.39. The normalized spacial score (nSPS) is 19.7. The molecule has 3 rings (SSSR count). The van der Waals surface area contributed by atoms with Crippen LogP contribution in [0.25, 0.3) is 0 Å².